The van der Waals surface area contributed by atoms with Crippen molar-refractivity contribution in [2.75, 3.05) is 28.4 Å². The molecule has 4 aliphatic heterocycles. The van der Waals surface area contributed by atoms with E-state index in [1.54, 1.807) is 28.4 Å². The molecular formula is C101H121BN10Na2O16S. The first-order valence-electron chi connectivity index (χ1n) is 47.2. The minimum atomic E-state index is -1.04. The maximum absolute atomic E-state index is 14.1. The molecule has 24 rings (SSSR count). The molecule has 4 atom stereocenters. The second kappa shape index (κ2) is 38.9. The van der Waals surface area contributed by atoms with Crippen molar-refractivity contribution >= 4 is 72.6 Å². The summed E-state index contributed by atoms with van der Waals surface area (Å²) >= 11 is 5.74. The largest absolute Gasteiger partial charge is 1.00 e. The number of imide groups is 2. The van der Waals surface area contributed by atoms with Crippen LogP contribution in [-0.2, 0) is 95.6 Å². The number of aliphatic imine (C=N–C) groups is 1. The number of hydrogen-bond acceptors (Lipinski definition) is 20. The summed E-state index contributed by atoms with van der Waals surface area (Å²) in [6.07, 6.45) is 37.0. The van der Waals surface area contributed by atoms with E-state index in [-0.39, 0.29) is 161 Å². The van der Waals surface area contributed by atoms with Gasteiger partial charge in [-0.3, -0.25) is 44.0 Å². The average Bonchev–Trinajstić information content (AvgIpc) is 1.53. The SMILES string of the molecule is COC1CCC2(CC1)Cc1ccc(C#CC3CC3)cc1C21N=C(N)N(C2CC2)C1=O.COC1CCC2(CC1)Cc1ccc(C#CC3CC3)cc1C21NC(=O)N(C2CC2)C1=O.COC1CCC2(CC1)Cc1ccc(C#CC3CC3)cc1C21NC(=O)NC1=O.COC1CCC2(CC1)Cc1ccc(C#CC3CC3)cc1C21NC(=S)N(C2CC2)C1=O.NO.O=CO[O-].OB(O)C1CC1.[H-].[Na+].[Na+]. The third-order valence-corrected chi connectivity index (χ3v) is 32.3. The molecule has 0 bridgehead atoms. The minimum absolute atomic E-state index is 0. The molecule has 16 aliphatic carbocycles. The van der Waals surface area contributed by atoms with E-state index in [2.05, 4.69) is 146 Å². The van der Waals surface area contributed by atoms with Gasteiger partial charge in [0.2, 0.25) is 0 Å². The van der Waals surface area contributed by atoms with Crippen LogP contribution in [0.2, 0.25) is 5.82 Å². The molecule has 4 unspecified atom stereocenters. The number of nitrogens with two attached hydrogens (primary N) is 2. The van der Waals surface area contributed by atoms with Gasteiger partial charge in [-0.05, 0) is 329 Å². The molecule has 682 valence electrons. The third kappa shape index (κ3) is 18.1. The summed E-state index contributed by atoms with van der Waals surface area (Å²) in [5.74, 6) is 33.0. The number of benzene rings is 4. The Morgan fingerprint density at radius 3 is 1.10 bits per heavy atom. The van der Waals surface area contributed by atoms with Crippen LogP contribution in [0.1, 0.15) is 274 Å². The quantitative estimate of drug-likeness (QED) is 0.0214. The predicted octanol–water partition coefficient (Wildman–Crippen LogP) is 4.36. The smallest absolute Gasteiger partial charge is 1.00 e. The molecule has 0 radical (unpaired) electrons. The summed E-state index contributed by atoms with van der Waals surface area (Å²) in [5, 5.41) is 44.5. The fourth-order valence-corrected chi connectivity index (χ4v) is 24.2. The molecular weight excluding hydrogens is 1700 g/mol. The van der Waals surface area contributed by atoms with Crippen LogP contribution >= 0.6 is 12.2 Å². The number of carbonyl (C=O) groups is 7. The number of carbonyl (C=O) groups excluding carboxylic acids is 7. The molecule has 3 saturated heterocycles. The summed E-state index contributed by atoms with van der Waals surface area (Å²) in [5.41, 5.74) is 14.8. The zero-order chi connectivity index (χ0) is 90.2. The van der Waals surface area contributed by atoms with Crippen molar-refractivity contribution in [2.45, 2.75) is 302 Å². The van der Waals surface area contributed by atoms with E-state index < -0.39 is 35.3 Å². The minimum Gasteiger partial charge on any atom is -1.00 e. The molecule has 12 saturated carbocycles. The number of methoxy groups -OCH3 is 4. The van der Waals surface area contributed by atoms with Crippen molar-refractivity contribution in [3.05, 3.63) is 140 Å². The molecule has 8 amide bonds. The fraction of sp³-hybridized carbons (Fsp3) is 0.594. The van der Waals surface area contributed by atoms with Crippen molar-refractivity contribution in [1.29, 1.82) is 0 Å². The van der Waals surface area contributed by atoms with E-state index in [1.807, 2.05) is 15.9 Å². The van der Waals surface area contributed by atoms with E-state index in [0.29, 0.717) is 40.8 Å². The van der Waals surface area contributed by atoms with Crippen LogP contribution < -0.4 is 97.3 Å². The van der Waals surface area contributed by atoms with Crippen LogP contribution in [0.25, 0.3) is 0 Å². The second-order valence-corrected chi connectivity index (χ2v) is 40.5. The van der Waals surface area contributed by atoms with E-state index in [9.17, 15) is 28.8 Å². The van der Waals surface area contributed by atoms with Crippen LogP contribution in [0.3, 0.4) is 0 Å². The van der Waals surface area contributed by atoms with Crippen LogP contribution in [0.4, 0.5) is 9.59 Å². The van der Waals surface area contributed by atoms with E-state index in [1.165, 1.54) is 73.0 Å². The predicted molar refractivity (Wildman–Crippen MR) is 482 cm³/mol. The van der Waals surface area contributed by atoms with Crippen LogP contribution in [0.5, 0.6) is 0 Å². The van der Waals surface area contributed by atoms with Gasteiger partial charge in [-0.25, -0.2) is 20.5 Å². The number of rotatable bonds is 9. The summed E-state index contributed by atoms with van der Waals surface area (Å²) in [6, 6.07) is 25.5. The Morgan fingerprint density at radius 2 is 0.771 bits per heavy atom. The normalized spacial score (nSPS) is 32.1. The molecule has 15 fully saturated rings. The fourth-order valence-electron chi connectivity index (χ4n) is 23.8. The number of fused-ring (bicyclic) bond motifs is 12. The van der Waals surface area contributed by atoms with Crippen molar-refractivity contribution in [1.82, 2.24) is 36.0 Å². The number of hydrogen-bond donors (Lipinski definition) is 9. The van der Waals surface area contributed by atoms with E-state index in [4.69, 9.17) is 67.2 Å². The zero-order valence-electron chi connectivity index (χ0n) is 77.5. The van der Waals surface area contributed by atoms with E-state index in [0.717, 1.165) is 230 Å². The summed E-state index contributed by atoms with van der Waals surface area (Å²) < 4.78 is 22.5. The third-order valence-electron chi connectivity index (χ3n) is 32.0. The van der Waals surface area contributed by atoms with Crippen LogP contribution in [0, 0.1) is 92.7 Å². The van der Waals surface area contributed by atoms with Gasteiger partial charge in [-0.1, -0.05) is 84.5 Å². The van der Waals surface area contributed by atoms with Crippen LogP contribution in [0.15, 0.2) is 77.8 Å². The Labute approximate surface area is 819 Å². The Morgan fingerprint density at radius 1 is 0.450 bits per heavy atom. The van der Waals surface area contributed by atoms with Gasteiger partial charge in [-0.2, -0.15) is 0 Å². The topological polar surface area (TPSA) is 372 Å². The number of guanidine groups is 1. The Kier molecular flexibility index (Phi) is 28.7. The van der Waals surface area contributed by atoms with Crippen molar-refractivity contribution in [3.63, 3.8) is 0 Å². The first-order valence-corrected chi connectivity index (χ1v) is 47.6. The van der Waals surface area contributed by atoms with Gasteiger partial charge in [-0.15, -0.1) is 0 Å². The summed E-state index contributed by atoms with van der Waals surface area (Å²) in [4.78, 5) is 102. The van der Waals surface area contributed by atoms with Gasteiger partial charge in [0, 0.05) is 114 Å². The van der Waals surface area contributed by atoms with Crippen LogP contribution in [-0.4, -0.2) is 161 Å². The first kappa shape index (κ1) is 96.6. The Hall–Kier alpha value is -7.53. The van der Waals surface area contributed by atoms with E-state index >= 15 is 0 Å². The molecule has 20 aliphatic rings. The van der Waals surface area contributed by atoms with Gasteiger partial charge < -0.3 is 67.5 Å². The number of thiocarbonyl (C=S) groups is 1. The summed E-state index contributed by atoms with van der Waals surface area (Å²) in [7, 11) is 6.07. The first-order chi connectivity index (χ1) is 62.5. The molecule has 11 N–H and O–H groups in total. The molecule has 4 aromatic rings. The molecule has 0 aromatic heterocycles. The molecule has 8 spiro atoms. The number of urea groups is 2. The number of nitrogens with one attached hydrogen (secondary N) is 4. The molecule has 30 heteroatoms. The summed E-state index contributed by atoms with van der Waals surface area (Å²) in [6.45, 7) is -0.181. The Bertz CT molecular complexity index is 5250. The zero-order valence-corrected chi connectivity index (χ0v) is 81.3. The van der Waals surface area contributed by atoms with Crippen molar-refractivity contribution < 1.29 is 138 Å². The molecule has 4 heterocycles. The van der Waals surface area contributed by atoms with Crippen molar-refractivity contribution in [2.24, 2.45) is 62.0 Å². The average molecular weight is 1820 g/mol. The monoisotopic (exact) mass is 1820 g/mol. The molecule has 26 nitrogen and oxygen atoms in total. The molecule has 4 aromatic carbocycles. The maximum Gasteiger partial charge on any atom is 1.00 e. The van der Waals surface area contributed by atoms with Gasteiger partial charge in [0.1, 0.15) is 0 Å². The maximum atomic E-state index is 14.1. The van der Waals surface area contributed by atoms with Gasteiger partial charge in [0.05, 0.1) is 24.4 Å². The van der Waals surface area contributed by atoms with Gasteiger partial charge >= 0.3 is 78.3 Å². The van der Waals surface area contributed by atoms with Gasteiger partial charge in [0.25, 0.3) is 30.1 Å². The van der Waals surface area contributed by atoms with Crippen molar-refractivity contribution in [3.8, 4) is 47.4 Å². The number of nitrogens with zero attached hydrogens (tertiary/aromatic N) is 4. The second-order valence-electron chi connectivity index (χ2n) is 40.1. The number of ether oxygens (including phenoxy) is 4. The molecule has 131 heavy (non-hydrogen) atoms. The Balaban J connectivity index is 0.000000128. The number of amides is 8. The van der Waals surface area contributed by atoms with Gasteiger partial charge in [0.15, 0.2) is 33.2 Å². The standard InChI is InChI=1S/C25H29N3O2.C25H28N2O3.C25H28N2O2S.C22H24N2O3.C3H7BO2.CH2O3.H3NO.2Na.H/c1-30-20-10-12-24(13-11-20)15-18-7-6-17(5-4-16-2-3-16)14-21(18)25(24)22(29)28(19-8-9-19)23(26)27-25;1-30-20-10-12-24(13-11-20)15-18-7-6-17(5-4-16-2-3-16)14-21(18)25(24)22(28)27(19-8-9-19)23(29)26-25;1-29-20-10-12-24(13-11-20)15-18-7-6-17(5-4-16-2-3-16)14-21(18)25(24)22(28)27(19-8-9-19)23(30)26-25;1-27-17-8-10-21(11-9-17)13-16-7-6-15(5-4-14-2-3-14)12-18(16)22(21)19(25)23-20(26)24-22;5-4(6)3-1-2-3;2-1-4-3;1-2;;;/h6-7,14,16,19-20H,2-3,8-13,15H2,1H3,(H2,26,27);6-7,14,16,19-20H,2-3,8-13,15H2,1H3,(H,26,29);6-7,14,16,19-20H,2-3,8-13,15H2,1H3,(H,26,30);6-7,12,14,17H,2-3,8-11,13H2,1H3,(H2,23,24,25,26);3,5-6H,1-2H2;1,3H;2H,1H2;;;/q;;;;;;;2*+1;-1/p-1.